The van der Waals surface area contributed by atoms with Crippen molar-refractivity contribution in [2.75, 3.05) is 7.11 Å². The Kier molecular flexibility index (Phi) is 3.66. The summed E-state index contributed by atoms with van der Waals surface area (Å²) in [5.74, 6) is 0.472. The van der Waals surface area contributed by atoms with E-state index in [1.54, 1.807) is 65.4 Å². The van der Waals surface area contributed by atoms with Crippen molar-refractivity contribution in [2.24, 2.45) is 0 Å². The maximum Gasteiger partial charge on any atom is 0.222 e. The first-order valence-electron chi connectivity index (χ1n) is 8.36. The molecule has 0 aliphatic carbocycles. The number of hydrogen-bond donors (Lipinski definition) is 1. The molecular formula is C19H13ClN6O2. The van der Waals surface area contributed by atoms with Crippen molar-refractivity contribution >= 4 is 28.2 Å². The topological polar surface area (TPSA) is 90.4 Å². The zero-order valence-corrected chi connectivity index (χ0v) is 15.4. The molecule has 0 amide bonds. The third-order valence-electron chi connectivity index (χ3n) is 4.47. The van der Waals surface area contributed by atoms with Gasteiger partial charge in [-0.15, -0.1) is 0 Å². The van der Waals surface area contributed by atoms with Crippen molar-refractivity contribution < 1.29 is 9.84 Å². The summed E-state index contributed by atoms with van der Waals surface area (Å²) in [6.45, 7) is 0. The maximum atomic E-state index is 10.5. The highest BCUT2D eigenvalue weighted by Gasteiger charge is 2.17. The number of hydrogen-bond acceptors (Lipinski definition) is 6. The lowest BCUT2D eigenvalue weighted by atomic mass is 10.2. The summed E-state index contributed by atoms with van der Waals surface area (Å²) in [7, 11) is 1.58. The Bertz CT molecular complexity index is 1340. The van der Waals surface area contributed by atoms with Crippen molar-refractivity contribution in [2.45, 2.75) is 0 Å². The van der Waals surface area contributed by atoms with Gasteiger partial charge in [0.25, 0.3) is 0 Å². The van der Waals surface area contributed by atoms with E-state index in [4.69, 9.17) is 16.3 Å². The van der Waals surface area contributed by atoms with Gasteiger partial charge < -0.3 is 9.84 Å². The molecule has 0 bridgehead atoms. The molecule has 0 radical (unpaired) electrons. The second kappa shape index (κ2) is 6.21. The number of methoxy groups -OCH3 is 1. The van der Waals surface area contributed by atoms with E-state index >= 15 is 0 Å². The molecule has 4 heterocycles. The summed E-state index contributed by atoms with van der Waals surface area (Å²) in [6, 6.07) is 8.88. The Morgan fingerprint density at radius 2 is 2.04 bits per heavy atom. The van der Waals surface area contributed by atoms with Gasteiger partial charge in [0.05, 0.1) is 41.7 Å². The van der Waals surface area contributed by atoms with Crippen LogP contribution in [0.1, 0.15) is 0 Å². The smallest absolute Gasteiger partial charge is 0.222 e. The van der Waals surface area contributed by atoms with Crippen LogP contribution in [0, 0.1) is 0 Å². The van der Waals surface area contributed by atoms with E-state index in [9.17, 15) is 5.11 Å². The Morgan fingerprint density at radius 1 is 1.14 bits per heavy atom. The number of fused-ring (bicyclic) bond motifs is 2. The minimum Gasteiger partial charge on any atom is -0.494 e. The van der Waals surface area contributed by atoms with Crippen LogP contribution in [-0.2, 0) is 0 Å². The first-order chi connectivity index (χ1) is 13.7. The highest BCUT2D eigenvalue weighted by molar-refractivity contribution is 6.30. The summed E-state index contributed by atoms with van der Waals surface area (Å²) in [5, 5.41) is 20.2. The zero-order valence-electron chi connectivity index (χ0n) is 14.6. The number of pyridine rings is 1. The van der Waals surface area contributed by atoms with Gasteiger partial charge in [-0.05, 0) is 30.3 Å². The van der Waals surface area contributed by atoms with Gasteiger partial charge >= 0.3 is 0 Å². The van der Waals surface area contributed by atoms with E-state index in [0.29, 0.717) is 44.3 Å². The van der Waals surface area contributed by atoms with Crippen LogP contribution in [0.25, 0.3) is 33.5 Å². The number of aromatic nitrogens is 6. The average molecular weight is 393 g/mol. The Labute approximate surface area is 163 Å². The summed E-state index contributed by atoms with van der Waals surface area (Å²) >= 11 is 6.17. The van der Waals surface area contributed by atoms with Crippen LogP contribution in [0.3, 0.4) is 0 Å². The van der Waals surface area contributed by atoms with Crippen LogP contribution >= 0.6 is 11.6 Å². The van der Waals surface area contributed by atoms with Crippen molar-refractivity contribution in [3.05, 3.63) is 60.1 Å². The molecule has 1 aromatic carbocycles. The first kappa shape index (κ1) is 16.5. The molecule has 0 aliphatic heterocycles. The van der Waals surface area contributed by atoms with Crippen LogP contribution in [-0.4, -0.2) is 41.6 Å². The van der Waals surface area contributed by atoms with Gasteiger partial charge in [-0.25, -0.2) is 19.2 Å². The molecule has 28 heavy (non-hydrogen) atoms. The van der Waals surface area contributed by atoms with Crippen LogP contribution in [0.2, 0.25) is 5.02 Å². The normalized spacial score (nSPS) is 11.4. The quantitative estimate of drug-likeness (QED) is 0.505. The zero-order chi connectivity index (χ0) is 19.3. The molecule has 0 atom stereocenters. The first-order valence-corrected chi connectivity index (χ1v) is 8.74. The molecule has 138 valence electrons. The minimum absolute atomic E-state index is 0.130. The van der Waals surface area contributed by atoms with Crippen molar-refractivity contribution in [1.82, 2.24) is 29.4 Å². The minimum atomic E-state index is -0.130. The predicted molar refractivity (Wildman–Crippen MR) is 104 cm³/mol. The van der Waals surface area contributed by atoms with Crippen molar-refractivity contribution in [3.63, 3.8) is 0 Å². The Hall–Kier alpha value is -3.65. The van der Waals surface area contributed by atoms with E-state index in [0.717, 1.165) is 0 Å². The fourth-order valence-corrected chi connectivity index (χ4v) is 3.34. The molecule has 8 nitrogen and oxygen atoms in total. The van der Waals surface area contributed by atoms with Crippen molar-refractivity contribution in [1.29, 1.82) is 0 Å². The van der Waals surface area contributed by atoms with Gasteiger partial charge in [0, 0.05) is 17.4 Å². The van der Waals surface area contributed by atoms with E-state index in [1.165, 1.54) is 0 Å². The number of halogens is 1. The molecular weight excluding hydrogens is 380 g/mol. The van der Waals surface area contributed by atoms with Crippen LogP contribution in [0.4, 0.5) is 0 Å². The number of ether oxygens (including phenoxy) is 1. The Balaban J connectivity index is 1.78. The van der Waals surface area contributed by atoms with Gasteiger partial charge in [0.15, 0.2) is 5.65 Å². The molecule has 4 aromatic heterocycles. The molecule has 0 saturated heterocycles. The summed E-state index contributed by atoms with van der Waals surface area (Å²) < 4.78 is 8.75. The van der Waals surface area contributed by atoms with Gasteiger partial charge in [-0.2, -0.15) is 10.2 Å². The summed E-state index contributed by atoms with van der Waals surface area (Å²) in [4.78, 5) is 8.67. The monoisotopic (exact) mass is 392 g/mol. The largest absolute Gasteiger partial charge is 0.494 e. The van der Waals surface area contributed by atoms with Crippen LogP contribution < -0.4 is 4.74 Å². The van der Waals surface area contributed by atoms with E-state index in [-0.39, 0.29) is 5.88 Å². The van der Waals surface area contributed by atoms with Crippen molar-refractivity contribution in [3.8, 4) is 28.6 Å². The van der Waals surface area contributed by atoms with E-state index < -0.39 is 0 Å². The second-order valence-corrected chi connectivity index (χ2v) is 6.52. The number of benzene rings is 1. The highest BCUT2D eigenvalue weighted by Crippen LogP contribution is 2.34. The number of aromatic hydroxyl groups is 1. The molecule has 0 spiro atoms. The van der Waals surface area contributed by atoms with Gasteiger partial charge in [-0.3, -0.25) is 0 Å². The average Bonchev–Trinajstić information content (AvgIpc) is 3.32. The molecule has 0 unspecified atom stereocenters. The standard InChI is InChI=1S/C19H13ClN6O2/c1-28-17-4-3-11(20)7-16(17)26-15-8-14(24-19(27)13(15)10-23-26)12-9-22-25-6-2-5-21-18(12)25/h2-10H,1H3,(H,24,27). The lowest BCUT2D eigenvalue weighted by Gasteiger charge is -2.10. The second-order valence-electron chi connectivity index (χ2n) is 6.08. The van der Waals surface area contributed by atoms with E-state index in [2.05, 4.69) is 20.2 Å². The third kappa shape index (κ3) is 2.46. The summed E-state index contributed by atoms with van der Waals surface area (Å²) in [5.41, 5.74) is 3.17. The molecule has 1 N–H and O–H groups in total. The third-order valence-corrected chi connectivity index (χ3v) is 4.71. The molecule has 0 fully saturated rings. The van der Waals surface area contributed by atoms with E-state index in [1.807, 2.05) is 6.07 Å². The molecule has 0 saturated carbocycles. The Morgan fingerprint density at radius 3 is 2.89 bits per heavy atom. The molecule has 9 heteroatoms. The lowest BCUT2D eigenvalue weighted by Crippen LogP contribution is -2.00. The number of nitrogens with zero attached hydrogens (tertiary/aromatic N) is 6. The number of rotatable bonds is 3. The van der Waals surface area contributed by atoms with Crippen LogP contribution in [0.5, 0.6) is 11.6 Å². The van der Waals surface area contributed by atoms with Gasteiger partial charge in [-0.1, -0.05) is 11.6 Å². The fraction of sp³-hybridized carbons (Fsp3) is 0.0526. The highest BCUT2D eigenvalue weighted by atomic mass is 35.5. The lowest BCUT2D eigenvalue weighted by molar-refractivity contribution is 0.412. The van der Waals surface area contributed by atoms with Gasteiger partial charge in [0.1, 0.15) is 11.4 Å². The molecule has 5 aromatic rings. The summed E-state index contributed by atoms with van der Waals surface area (Å²) in [6.07, 6.45) is 6.69. The predicted octanol–water partition coefficient (Wildman–Crippen LogP) is 3.50. The van der Waals surface area contributed by atoms with Gasteiger partial charge in [0.2, 0.25) is 5.88 Å². The van der Waals surface area contributed by atoms with Crippen LogP contribution in [0.15, 0.2) is 55.1 Å². The fourth-order valence-electron chi connectivity index (χ4n) is 3.17. The molecule has 0 aliphatic rings. The maximum absolute atomic E-state index is 10.5. The SMILES string of the molecule is COc1ccc(Cl)cc1-n1ncc2c(O)nc(-c3cnn4cccnc34)cc21. The molecule has 5 rings (SSSR count).